The van der Waals surface area contributed by atoms with E-state index in [0.29, 0.717) is 18.0 Å². The van der Waals surface area contributed by atoms with E-state index in [1.165, 1.54) is 19.4 Å². The molecule has 2 fully saturated rings. The van der Waals surface area contributed by atoms with Crippen LogP contribution in [0.15, 0.2) is 0 Å². The third kappa shape index (κ3) is 3.69. The van der Waals surface area contributed by atoms with Crippen LogP contribution in [0.4, 0.5) is 0 Å². The number of carbonyl (C=O) groups excluding carboxylic acids is 1. The number of carbonyl (C=O) groups is 1. The second-order valence-electron chi connectivity index (χ2n) is 5.96. The normalized spacial score (nSPS) is 26.6. The standard InChI is InChI=1S/C14H27N3O/c1-11(2)14(18)17-8-5-12(6-9-17)16-13-4-3-7-15-10-13/h11-13,15-16H,3-10H2,1-2H3. The molecule has 2 saturated heterocycles. The SMILES string of the molecule is CC(C)C(=O)N1CCC(NC2CCCNC2)CC1. The summed E-state index contributed by atoms with van der Waals surface area (Å²) < 4.78 is 0. The summed E-state index contributed by atoms with van der Waals surface area (Å²) in [5.74, 6) is 0.449. The minimum atomic E-state index is 0.136. The first kappa shape index (κ1) is 13.8. The molecule has 0 aromatic heterocycles. The van der Waals surface area contributed by atoms with Crippen molar-refractivity contribution in [1.29, 1.82) is 0 Å². The monoisotopic (exact) mass is 253 g/mol. The van der Waals surface area contributed by atoms with Gasteiger partial charge in [0.05, 0.1) is 0 Å². The molecule has 1 atom stereocenters. The molecule has 4 heteroatoms. The van der Waals surface area contributed by atoms with Crippen molar-refractivity contribution in [1.82, 2.24) is 15.5 Å². The van der Waals surface area contributed by atoms with Gasteiger partial charge in [-0.2, -0.15) is 0 Å². The average Bonchev–Trinajstić information content (AvgIpc) is 2.40. The number of hydrogen-bond donors (Lipinski definition) is 2. The van der Waals surface area contributed by atoms with Crippen molar-refractivity contribution >= 4 is 5.91 Å². The maximum Gasteiger partial charge on any atom is 0.225 e. The van der Waals surface area contributed by atoms with E-state index >= 15 is 0 Å². The molecule has 0 aromatic carbocycles. The number of piperidine rings is 2. The van der Waals surface area contributed by atoms with E-state index < -0.39 is 0 Å². The van der Waals surface area contributed by atoms with Crippen molar-refractivity contribution < 1.29 is 4.79 Å². The number of likely N-dealkylation sites (tertiary alicyclic amines) is 1. The molecule has 0 radical (unpaired) electrons. The number of nitrogens with one attached hydrogen (secondary N) is 2. The summed E-state index contributed by atoms with van der Waals surface area (Å²) in [6.07, 6.45) is 4.78. The van der Waals surface area contributed by atoms with Gasteiger partial charge in [0, 0.05) is 37.6 Å². The maximum absolute atomic E-state index is 11.9. The molecule has 2 N–H and O–H groups in total. The minimum absolute atomic E-state index is 0.136. The van der Waals surface area contributed by atoms with Gasteiger partial charge < -0.3 is 15.5 Å². The highest BCUT2D eigenvalue weighted by molar-refractivity contribution is 5.78. The maximum atomic E-state index is 11.9. The molecule has 104 valence electrons. The first-order valence-electron chi connectivity index (χ1n) is 7.42. The number of nitrogens with zero attached hydrogens (tertiary/aromatic N) is 1. The smallest absolute Gasteiger partial charge is 0.225 e. The summed E-state index contributed by atoms with van der Waals surface area (Å²) in [5.41, 5.74) is 0. The number of rotatable bonds is 3. The fourth-order valence-corrected chi connectivity index (χ4v) is 2.96. The molecule has 2 aliphatic rings. The van der Waals surface area contributed by atoms with Crippen LogP contribution in [-0.2, 0) is 4.79 Å². The first-order valence-corrected chi connectivity index (χ1v) is 7.42. The molecule has 0 bridgehead atoms. The molecule has 0 spiro atoms. The first-order chi connectivity index (χ1) is 8.66. The van der Waals surface area contributed by atoms with Gasteiger partial charge in [-0.25, -0.2) is 0 Å². The molecule has 0 saturated carbocycles. The Hall–Kier alpha value is -0.610. The van der Waals surface area contributed by atoms with Gasteiger partial charge >= 0.3 is 0 Å². The molecular weight excluding hydrogens is 226 g/mol. The summed E-state index contributed by atoms with van der Waals surface area (Å²) in [6, 6.07) is 1.24. The van der Waals surface area contributed by atoms with Crippen molar-refractivity contribution in [2.24, 2.45) is 5.92 Å². The van der Waals surface area contributed by atoms with E-state index in [2.05, 4.69) is 10.6 Å². The Morgan fingerprint density at radius 1 is 1.22 bits per heavy atom. The second kappa shape index (κ2) is 6.53. The molecular formula is C14H27N3O. The van der Waals surface area contributed by atoms with Crippen molar-refractivity contribution in [3.63, 3.8) is 0 Å². The third-order valence-corrected chi connectivity index (χ3v) is 4.07. The predicted molar refractivity (Wildman–Crippen MR) is 73.5 cm³/mol. The van der Waals surface area contributed by atoms with Crippen LogP contribution in [0, 0.1) is 5.92 Å². The van der Waals surface area contributed by atoms with Crippen LogP contribution < -0.4 is 10.6 Å². The molecule has 0 aromatic rings. The van der Waals surface area contributed by atoms with Gasteiger partial charge in [-0.1, -0.05) is 13.8 Å². The van der Waals surface area contributed by atoms with Gasteiger partial charge in [-0.15, -0.1) is 0 Å². The summed E-state index contributed by atoms with van der Waals surface area (Å²) >= 11 is 0. The number of amides is 1. The zero-order valence-electron chi connectivity index (χ0n) is 11.7. The summed E-state index contributed by atoms with van der Waals surface area (Å²) in [5, 5.41) is 7.19. The Morgan fingerprint density at radius 2 is 1.94 bits per heavy atom. The molecule has 2 aliphatic heterocycles. The van der Waals surface area contributed by atoms with Crippen LogP contribution in [0.3, 0.4) is 0 Å². The van der Waals surface area contributed by atoms with Crippen molar-refractivity contribution in [2.45, 2.75) is 51.6 Å². The van der Waals surface area contributed by atoms with Crippen LogP contribution in [0.1, 0.15) is 39.5 Å². The molecule has 2 heterocycles. The Morgan fingerprint density at radius 3 is 2.50 bits per heavy atom. The van der Waals surface area contributed by atoms with Crippen LogP contribution in [-0.4, -0.2) is 49.1 Å². The lowest BCUT2D eigenvalue weighted by Gasteiger charge is -2.36. The predicted octanol–water partition coefficient (Wildman–Crippen LogP) is 0.975. The van der Waals surface area contributed by atoms with E-state index in [9.17, 15) is 4.79 Å². The van der Waals surface area contributed by atoms with Crippen LogP contribution >= 0.6 is 0 Å². The Bertz CT molecular complexity index is 266. The summed E-state index contributed by atoms with van der Waals surface area (Å²) in [7, 11) is 0. The van der Waals surface area contributed by atoms with Gasteiger partial charge in [0.15, 0.2) is 0 Å². The topological polar surface area (TPSA) is 44.4 Å². The van der Waals surface area contributed by atoms with Crippen molar-refractivity contribution in [3.05, 3.63) is 0 Å². The number of hydrogen-bond acceptors (Lipinski definition) is 3. The lowest BCUT2D eigenvalue weighted by Crippen LogP contribution is -2.52. The molecule has 4 nitrogen and oxygen atoms in total. The Kier molecular flexibility index (Phi) is 5.01. The lowest BCUT2D eigenvalue weighted by atomic mass is 10.00. The highest BCUT2D eigenvalue weighted by atomic mass is 16.2. The fraction of sp³-hybridized carbons (Fsp3) is 0.929. The van der Waals surface area contributed by atoms with Crippen molar-refractivity contribution in [3.8, 4) is 0 Å². The van der Waals surface area contributed by atoms with Crippen LogP contribution in [0.5, 0.6) is 0 Å². The molecule has 1 unspecified atom stereocenters. The van der Waals surface area contributed by atoms with Crippen LogP contribution in [0.2, 0.25) is 0 Å². The van der Waals surface area contributed by atoms with Gasteiger partial charge in [0.25, 0.3) is 0 Å². The molecule has 2 rings (SSSR count). The molecule has 18 heavy (non-hydrogen) atoms. The average molecular weight is 253 g/mol. The highest BCUT2D eigenvalue weighted by Crippen LogP contribution is 2.15. The second-order valence-corrected chi connectivity index (χ2v) is 5.96. The van der Waals surface area contributed by atoms with Gasteiger partial charge in [0.1, 0.15) is 0 Å². The third-order valence-electron chi connectivity index (χ3n) is 4.07. The van der Waals surface area contributed by atoms with Gasteiger partial charge in [-0.05, 0) is 32.2 Å². The van der Waals surface area contributed by atoms with E-state index in [-0.39, 0.29) is 5.92 Å². The van der Waals surface area contributed by atoms with Gasteiger partial charge in [0.2, 0.25) is 5.91 Å². The van der Waals surface area contributed by atoms with E-state index in [1.54, 1.807) is 0 Å². The molecule has 0 aliphatic carbocycles. The Balaban J connectivity index is 1.71. The summed E-state index contributed by atoms with van der Waals surface area (Å²) in [4.78, 5) is 13.9. The zero-order chi connectivity index (χ0) is 13.0. The van der Waals surface area contributed by atoms with E-state index in [1.807, 2.05) is 18.7 Å². The minimum Gasteiger partial charge on any atom is -0.342 e. The lowest BCUT2D eigenvalue weighted by molar-refractivity contribution is -0.135. The van der Waals surface area contributed by atoms with Crippen molar-refractivity contribution in [2.75, 3.05) is 26.2 Å². The molecule has 1 amide bonds. The zero-order valence-corrected chi connectivity index (χ0v) is 11.7. The van der Waals surface area contributed by atoms with E-state index in [0.717, 1.165) is 32.5 Å². The summed E-state index contributed by atoms with van der Waals surface area (Å²) in [6.45, 7) is 8.09. The van der Waals surface area contributed by atoms with Crippen LogP contribution in [0.25, 0.3) is 0 Å². The largest absolute Gasteiger partial charge is 0.342 e. The highest BCUT2D eigenvalue weighted by Gasteiger charge is 2.25. The van der Waals surface area contributed by atoms with Gasteiger partial charge in [-0.3, -0.25) is 4.79 Å². The Labute approximate surface area is 110 Å². The fourth-order valence-electron chi connectivity index (χ4n) is 2.96. The quantitative estimate of drug-likeness (QED) is 0.788. The van der Waals surface area contributed by atoms with E-state index in [4.69, 9.17) is 0 Å².